The van der Waals surface area contributed by atoms with Crippen molar-refractivity contribution in [3.8, 4) is 17.2 Å². The van der Waals surface area contributed by atoms with Crippen LogP contribution in [0, 0.1) is 0 Å². The second kappa shape index (κ2) is 7.98. The summed E-state index contributed by atoms with van der Waals surface area (Å²) in [5, 5.41) is 13.0. The number of nitrogens with one attached hydrogen (secondary N) is 1. The van der Waals surface area contributed by atoms with Gasteiger partial charge in [-0.1, -0.05) is 18.2 Å². The van der Waals surface area contributed by atoms with Crippen molar-refractivity contribution in [1.82, 2.24) is 10.2 Å². The zero-order valence-corrected chi connectivity index (χ0v) is 15.9. The van der Waals surface area contributed by atoms with Gasteiger partial charge in [-0.2, -0.15) is 0 Å². The number of rotatable bonds is 5. The Labute approximate surface area is 164 Å². The van der Waals surface area contributed by atoms with E-state index in [1.165, 1.54) is 0 Å². The van der Waals surface area contributed by atoms with Gasteiger partial charge in [0.05, 0.1) is 11.7 Å². The molecule has 148 valence electrons. The van der Waals surface area contributed by atoms with Crippen LogP contribution < -0.4 is 19.7 Å². The first-order chi connectivity index (χ1) is 13.6. The molecule has 0 unspecified atom stereocenters. The Morgan fingerprint density at radius 1 is 1.11 bits per heavy atom. The molecule has 1 saturated heterocycles. The SMILES string of the molecule is C[C@H](C(=O)NCc1ccc2c(c1)OCO2)N1CCN(c2ccccc2O)CC1. The van der Waals surface area contributed by atoms with Crippen molar-refractivity contribution in [2.75, 3.05) is 37.9 Å². The maximum atomic E-state index is 12.6. The Kier molecular flexibility index (Phi) is 5.25. The number of hydrogen-bond acceptors (Lipinski definition) is 6. The van der Waals surface area contributed by atoms with E-state index in [1.807, 2.05) is 43.3 Å². The van der Waals surface area contributed by atoms with Crippen LogP contribution in [0.1, 0.15) is 12.5 Å². The first-order valence-corrected chi connectivity index (χ1v) is 9.55. The summed E-state index contributed by atoms with van der Waals surface area (Å²) >= 11 is 0. The molecule has 0 spiro atoms. The van der Waals surface area contributed by atoms with Gasteiger partial charge in [-0.15, -0.1) is 0 Å². The fraction of sp³-hybridized carbons (Fsp3) is 0.381. The Morgan fingerprint density at radius 3 is 2.64 bits per heavy atom. The molecule has 0 aliphatic carbocycles. The number of ether oxygens (including phenoxy) is 2. The summed E-state index contributed by atoms with van der Waals surface area (Å²) < 4.78 is 10.7. The van der Waals surface area contributed by atoms with E-state index in [4.69, 9.17) is 9.47 Å². The number of para-hydroxylation sites is 2. The van der Waals surface area contributed by atoms with Gasteiger partial charge in [0, 0.05) is 32.7 Å². The van der Waals surface area contributed by atoms with Gasteiger partial charge in [-0.3, -0.25) is 9.69 Å². The smallest absolute Gasteiger partial charge is 0.237 e. The molecule has 0 radical (unpaired) electrons. The molecular weight excluding hydrogens is 358 g/mol. The highest BCUT2D eigenvalue weighted by Gasteiger charge is 2.26. The highest BCUT2D eigenvalue weighted by molar-refractivity contribution is 5.81. The number of carbonyl (C=O) groups excluding carboxylic acids is 1. The second-order valence-corrected chi connectivity index (χ2v) is 7.09. The lowest BCUT2D eigenvalue weighted by Crippen LogP contribution is -2.53. The molecule has 4 rings (SSSR count). The lowest BCUT2D eigenvalue weighted by molar-refractivity contribution is -0.126. The molecule has 0 saturated carbocycles. The van der Waals surface area contributed by atoms with Crippen LogP contribution in [0.5, 0.6) is 17.2 Å². The summed E-state index contributed by atoms with van der Waals surface area (Å²) in [5.41, 5.74) is 1.83. The van der Waals surface area contributed by atoms with E-state index in [2.05, 4.69) is 15.1 Å². The van der Waals surface area contributed by atoms with E-state index >= 15 is 0 Å². The molecule has 7 heteroatoms. The minimum atomic E-state index is -0.208. The Balaban J connectivity index is 1.28. The summed E-state index contributed by atoms with van der Waals surface area (Å²) in [6.07, 6.45) is 0. The van der Waals surface area contributed by atoms with E-state index in [-0.39, 0.29) is 18.7 Å². The Hall–Kier alpha value is -2.93. The minimum Gasteiger partial charge on any atom is -0.506 e. The molecule has 2 heterocycles. The van der Waals surface area contributed by atoms with Gasteiger partial charge in [0.1, 0.15) is 5.75 Å². The Bertz CT molecular complexity index is 849. The molecule has 0 aromatic heterocycles. The number of benzene rings is 2. The monoisotopic (exact) mass is 383 g/mol. The predicted octanol–water partition coefficient (Wildman–Crippen LogP) is 1.95. The summed E-state index contributed by atoms with van der Waals surface area (Å²) in [6, 6.07) is 12.9. The van der Waals surface area contributed by atoms with Gasteiger partial charge in [0.2, 0.25) is 12.7 Å². The third-order valence-electron chi connectivity index (χ3n) is 5.37. The van der Waals surface area contributed by atoms with Crippen molar-refractivity contribution in [1.29, 1.82) is 0 Å². The molecule has 2 aromatic carbocycles. The summed E-state index contributed by atoms with van der Waals surface area (Å²) in [6.45, 7) is 5.73. The van der Waals surface area contributed by atoms with Crippen LogP contribution in [0.3, 0.4) is 0 Å². The molecule has 28 heavy (non-hydrogen) atoms. The number of amides is 1. The highest BCUT2D eigenvalue weighted by atomic mass is 16.7. The van der Waals surface area contributed by atoms with Gasteiger partial charge in [0.25, 0.3) is 0 Å². The number of fused-ring (bicyclic) bond motifs is 1. The summed E-state index contributed by atoms with van der Waals surface area (Å²) in [7, 11) is 0. The number of piperazine rings is 1. The van der Waals surface area contributed by atoms with Crippen LogP contribution in [0.25, 0.3) is 0 Å². The molecule has 0 bridgehead atoms. The van der Waals surface area contributed by atoms with E-state index in [0.29, 0.717) is 12.3 Å². The first-order valence-electron chi connectivity index (χ1n) is 9.55. The number of phenolic OH excluding ortho intramolecular Hbond substituents is 1. The van der Waals surface area contributed by atoms with E-state index in [0.717, 1.165) is 48.9 Å². The lowest BCUT2D eigenvalue weighted by atomic mass is 10.1. The van der Waals surface area contributed by atoms with Crippen molar-refractivity contribution in [2.45, 2.75) is 19.5 Å². The zero-order chi connectivity index (χ0) is 19.5. The fourth-order valence-electron chi connectivity index (χ4n) is 3.64. The molecule has 2 N–H and O–H groups in total. The molecule has 1 fully saturated rings. The third-order valence-corrected chi connectivity index (χ3v) is 5.37. The predicted molar refractivity (Wildman–Crippen MR) is 106 cm³/mol. The van der Waals surface area contributed by atoms with Gasteiger partial charge in [-0.25, -0.2) is 0 Å². The number of aromatic hydroxyl groups is 1. The van der Waals surface area contributed by atoms with Gasteiger partial charge in [0.15, 0.2) is 11.5 Å². The molecule has 2 aliphatic rings. The standard InChI is InChI=1S/C21H25N3O4/c1-15(21(26)22-13-16-6-7-19-20(12-16)28-14-27-19)23-8-10-24(11-9-23)17-4-2-3-5-18(17)25/h2-7,12,15,25H,8-11,13-14H2,1H3,(H,22,26)/t15-/m1/s1. The van der Waals surface area contributed by atoms with E-state index in [9.17, 15) is 9.90 Å². The van der Waals surface area contributed by atoms with Gasteiger partial charge >= 0.3 is 0 Å². The normalized spacial score (nSPS) is 17.4. The molecule has 1 amide bonds. The largest absolute Gasteiger partial charge is 0.506 e. The summed E-state index contributed by atoms with van der Waals surface area (Å²) in [4.78, 5) is 16.9. The molecule has 2 aromatic rings. The molecule has 2 aliphatic heterocycles. The average molecular weight is 383 g/mol. The minimum absolute atomic E-state index is 0.00803. The lowest BCUT2D eigenvalue weighted by Gasteiger charge is -2.38. The van der Waals surface area contributed by atoms with E-state index in [1.54, 1.807) is 6.07 Å². The van der Waals surface area contributed by atoms with Crippen LogP contribution in [0.2, 0.25) is 0 Å². The number of carbonyl (C=O) groups is 1. The van der Waals surface area contributed by atoms with E-state index < -0.39 is 0 Å². The molecule has 1 atom stereocenters. The quantitative estimate of drug-likeness (QED) is 0.822. The number of nitrogens with zero attached hydrogens (tertiary/aromatic N) is 2. The van der Waals surface area contributed by atoms with Crippen molar-refractivity contribution < 1.29 is 19.4 Å². The van der Waals surface area contributed by atoms with Crippen LogP contribution in [0.4, 0.5) is 5.69 Å². The number of anilines is 1. The number of hydrogen-bond donors (Lipinski definition) is 2. The van der Waals surface area contributed by atoms with Crippen LogP contribution in [-0.4, -0.2) is 54.9 Å². The average Bonchev–Trinajstić information content (AvgIpc) is 3.20. The van der Waals surface area contributed by atoms with Crippen molar-refractivity contribution in [3.63, 3.8) is 0 Å². The highest BCUT2D eigenvalue weighted by Crippen LogP contribution is 2.32. The Morgan fingerprint density at radius 2 is 1.86 bits per heavy atom. The van der Waals surface area contributed by atoms with Crippen LogP contribution >= 0.6 is 0 Å². The van der Waals surface area contributed by atoms with Crippen molar-refractivity contribution in [2.24, 2.45) is 0 Å². The molecule has 7 nitrogen and oxygen atoms in total. The second-order valence-electron chi connectivity index (χ2n) is 7.09. The topological polar surface area (TPSA) is 74.3 Å². The van der Waals surface area contributed by atoms with Gasteiger partial charge in [-0.05, 0) is 36.8 Å². The maximum absolute atomic E-state index is 12.6. The third kappa shape index (κ3) is 3.84. The molecular formula is C21H25N3O4. The van der Waals surface area contributed by atoms with Gasteiger partial charge < -0.3 is 24.8 Å². The van der Waals surface area contributed by atoms with Crippen LogP contribution in [-0.2, 0) is 11.3 Å². The van der Waals surface area contributed by atoms with Crippen molar-refractivity contribution in [3.05, 3.63) is 48.0 Å². The first kappa shape index (κ1) is 18.4. The maximum Gasteiger partial charge on any atom is 0.237 e. The van der Waals surface area contributed by atoms with Crippen LogP contribution in [0.15, 0.2) is 42.5 Å². The fourth-order valence-corrected chi connectivity index (χ4v) is 3.64. The number of phenols is 1. The zero-order valence-electron chi connectivity index (χ0n) is 15.9. The van der Waals surface area contributed by atoms with Crippen molar-refractivity contribution >= 4 is 11.6 Å². The summed E-state index contributed by atoms with van der Waals surface area (Å²) in [5.74, 6) is 1.77.